The SMILES string of the molecule is CCN1C(=O)C(C)(C)C(=O)N(C)c2cc(OCCCN(CCn3ccc4ccoc4c3=O)Cc3ccncc3F)ccc21. The van der Waals surface area contributed by atoms with E-state index in [1.807, 2.05) is 19.1 Å². The number of nitrogens with zero attached hydrogens (tertiary/aromatic N) is 5. The highest BCUT2D eigenvalue weighted by Crippen LogP contribution is 2.40. The van der Waals surface area contributed by atoms with E-state index in [1.54, 1.807) is 67.0 Å². The monoisotopic (exact) mass is 589 g/mol. The minimum absolute atomic E-state index is 0.209. The van der Waals surface area contributed by atoms with E-state index in [-0.39, 0.29) is 23.2 Å². The van der Waals surface area contributed by atoms with Gasteiger partial charge in [0, 0.05) is 69.2 Å². The molecule has 226 valence electrons. The van der Waals surface area contributed by atoms with Crippen molar-refractivity contribution in [3.8, 4) is 5.75 Å². The minimum Gasteiger partial charge on any atom is -0.493 e. The summed E-state index contributed by atoms with van der Waals surface area (Å²) in [6.07, 6.45) is 6.61. The third-order valence-corrected chi connectivity index (χ3v) is 7.91. The molecule has 0 unspecified atom stereocenters. The fourth-order valence-corrected chi connectivity index (χ4v) is 5.41. The van der Waals surface area contributed by atoms with Gasteiger partial charge in [0.25, 0.3) is 5.56 Å². The molecule has 0 spiro atoms. The molecule has 1 aliphatic rings. The first-order valence-corrected chi connectivity index (χ1v) is 14.4. The first-order valence-electron chi connectivity index (χ1n) is 14.4. The predicted octanol–water partition coefficient (Wildman–Crippen LogP) is 4.46. The maximum absolute atomic E-state index is 14.4. The number of hydrogen-bond donors (Lipinski definition) is 0. The summed E-state index contributed by atoms with van der Waals surface area (Å²) in [6, 6.07) is 10.6. The predicted molar refractivity (Wildman–Crippen MR) is 162 cm³/mol. The van der Waals surface area contributed by atoms with Gasteiger partial charge in [-0.1, -0.05) is 0 Å². The van der Waals surface area contributed by atoms with Gasteiger partial charge >= 0.3 is 0 Å². The Bertz CT molecular complexity index is 1700. The fourth-order valence-electron chi connectivity index (χ4n) is 5.41. The zero-order valence-corrected chi connectivity index (χ0v) is 24.9. The first-order chi connectivity index (χ1) is 20.6. The first kappa shape index (κ1) is 30.0. The van der Waals surface area contributed by atoms with Crippen LogP contribution in [0.25, 0.3) is 11.0 Å². The van der Waals surface area contributed by atoms with E-state index in [0.29, 0.717) is 74.0 Å². The Morgan fingerprint density at radius 3 is 2.63 bits per heavy atom. The van der Waals surface area contributed by atoms with Crippen LogP contribution in [0.5, 0.6) is 5.75 Å². The van der Waals surface area contributed by atoms with E-state index in [9.17, 15) is 18.8 Å². The van der Waals surface area contributed by atoms with Crippen LogP contribution >= 0.6 is 0 Å². The average Bonchev–Trinajstić information content (AvgIpc) is 3.48. The van der Waals surface area contributed by atoms with Crippen LogP contribution in [0.15, 0.2) is 70.5 Å². The fraction of sp³-hybridized carbons (Fsp3) is 0.375. The van der Waals surface area contributed by atoms with Crippen molar-refractivity contribution < 1.29 is 23.1 Å². The van der Waals surface area contributed by atoms with Crippen LogP contribution in [0.4, 0.5) is 15.8 Å². The van der Waals surface area contributed by atoms with Gasteiger partial charge in [0.1, 0.15) is 17.0 Å². The molecule has 0 saturated carbocycles. The molecule has 0 N–H and O–H groups in total. The van der Waals surface area contributed by atoms with Crippen LogP contribution < -0.4 is 20.1 Å². The summed E-state index contributed by atoms with van der Waals surface area (Å²) in [7, 11) is 1.67. The Morgan fingerprint density at radius 1 is 1.05 bits per heavy atom. The largest absolute Gasteiger partial charge is 0.493 e. The molecule has 4 heterocycles. The van der Waals surface area contributed by atoms with Crippen LogP contribution in [0.2, 0.25) is 0 Å². The van der Waals surface area contributed by atoms with Gasteiger partial charge in [-0.2, -0.15) is 0 Å². The van der Waals surface area contributed by atoms with Crippen molar-refractivity contribution in [2.75, 3.05) is 43.1 Å². The number of aromatic nitrogens is 2. The van der Waals surface area contributed by atoms with E-state index in [0.717, 1.165) is 5.39 Å². The van der Waals surface area contributed by atoms with Crippen molar-refractivity contribution >= 4 is 34.2 Å². The van der Waals surface area contributed by atoms with E-state index < -0.39 is 5.41 Å². The number of ether oxygens (including phenoxy) is 1. The third-order valence-electron chi connectivity index (χ3n) is 7.91. The van der Waals surface area contributed by atoms with Gasteiger partial charge in [-0.05, 0) is 57.5 Å². The molecular weight excluding hydrogens is 553 g/mol. The number of fused-ring (bicyclic) bond motifs is 2. The molecule has 1 aromatic carbocycles. The summed E-state index contributed by atoms with van der Waals surface area (Å²) < 4.78 is 27.5. The Labute approximate surface area is 249 Å². The smallest absolute Gasteiger partial charge is 0.294 e. The van der Waals surface area contributed by atoms with Crippen LogP contribution in [0, 0.1) is 11.2 Å². The average molecular weight is 590 g/mol. The highest BCUT2D eigenvalue weighted by molar-refractivity contribution is 6.20. The van der Waals surface area contributed by atoms with Gasteiger partial charge in [-0.15, -0.1) is 0 Å². The molecule has 0 aliphatic carbocycles. The summed E-state index contributed by atoms with van der Waals surface area (Å²) in [5, 5.41) is 0.750. The molecule has 0 saturated heterocycles. The number of pyridine rings is 2. The highest BCUT2D eigenvalue weighted by atomic mass is 19.1. The number of benzene rings is 1. The van der Waals surface area contributed by atoms with Gasteiger partial charge in [0.05, 0.1) is 30.4 Å². The van der Waals surface area contributed by atoms with Crippen molar-refractivity contribution in [2.45, 2.75) is 40.3 Å². The van der Waals surface area contributed by atoms with E-state index >= 15 is 0 Å². The Hall–Kier alpha value is -4.51. The summed E-state index contributed by atoms with van der Waals surface area (Å²) >= 11 is 0. The number of anilines is 2. The van der Waals surface area contributed by atoms with Crippen LogP contribution in [-0.2, 0) is 22.7 Å². The Balaban J connectivity index is 1.26. The lowest BCUT2D eigenvalue weighted by Crippen LogP contribution is -2.47. The van der Waals surface area contributed by atoms with Crippen molar-refractivity contribution in [3.05, 3.63) is 83.0 Å². The summed E-state index contributed by atoms with van der Waals surface area (Å²) in [5.41, 5.74) is 0.704. The van der Waals surface area contributed by atoms with Gasteiger partial charge in [-0.25, -0.2) is 4.39 Å². The molecule has 0 fully saturated rings. The second-order valence-corrected chi connectivity index (χ2v) is 11.2. The quantitative estimate of drug-likeness (QED) is 0.188. The normalized spacial score (nSPS) is 14.8. The van der Waals surface area contributed by atoms with Gasteiger partial charge < -0.3 is 23.5 Å². The number of rotatable bonds is 11. The lowest BCUT2D eigenvalue weighted by Gasteiger charge is -2.27. The van der Waals surface area contributed by atoms with E-state index in [2.05, 4.69) is 9.88 Å². The third kappa shape index (κ3) is 6.03. The molecule has 5 rings (SSSR count). The highest BCUT2D eigenvalue weighted by Gasteiger charge is 2.45. The van der Waals surface area contributed by atoms with Crippen molar-refractivity contribution in [2.24, 2.45) is 5.41 Å². The van der Waals surface area contributed by atoms with Gasteiger partial charge in [0.15, 0.2) is 5.58 Å². The molecule has 0 radical (unpaired) electrons. The van der Waals surface area contributed by atoms with Crippen molar-refractivity contribution in [1.82, 2.24) is 14.5 Å². The summed E-state index contributed by atoms with van der Waals surface area (Å²) in [5.74, 6) is -0.330. The number of carbonyl (C=O) groups excluding carboxylic acids is 2. The molecule has 43 heavy (non-hydrogen) atoms. The Morgan fingerprint density at radius 2 is 1.86 bits per heavy atom. The molecule has 4 aromatic rings. The lowest BCUT2D eigenvalue weighted by molar-refractivity contribution is -0.137. The van der Waals surface area contributed by atoms with Crippen LogP contribution in [0.1, 0.15) is 32.8 Å². The van der Waals surface area contributed by atoms with Gasteiger partial charge in [-0.3, -0.25) is 24.3 Å². The van der Waals surface area contributed by atoms with Crippen molar-refractivity contribution in [3.63, 3.8) is 0 Å². The number of furan rings is 1. The van der Waals surface area contributed by atoms with E-state index in [1.165, 1.54) is 17.4 Å². The lowest BCUT2D eigenvalue weighted by atomic mass is 9.90. The molecule has 10 nitrogen and oxygen atoms in total. The number of hydrogen-bond acceptors (Lipinski definition) is 7. The maximum Gasteiger partial charge on any atom is 0.294 e. The number of carbonyl (C=O) groups is 2. The zero-order chi connectivity index (χ0) is 30.7. The summed E-state index contributed by atoms with van der Waals surface area (Å²) in [4.78, 5) is 48.1. The molecule has 0 atom stereocenters. The molecule has 1 aliphatic heterocycles. The molecular formula is C32H36FN5O5. The standard InChI is InChI=1S/C32H36FN5O5/c1-5-38-26-8-7-24(19-27(26)35(4)30(40)32(2,3)31(38)41)42-17-6-13-36(21-23-9-12-34-20-25(23)33)15-16-37-14-10-22-11-18-43-28(22)29(37)39/h7-12,14,18-20H,5-6,13,15-17,21H2,1-4H3. The summed E-state index contributed by atoms with van der Waals surface area (Å²) in [6.45, 7) is 7.80. The minimum atomic E-state index is -1.18. The Kier molecular flexibility index (Phi) is 8.63. The zero-order valence-electron chi connectivity index (χ0n) is 24.9. The molecule has 11 heteroatoms. The number of amides is 2. The van der Waals surface area contributed by atoms with Crippen LogP contribution in [-0.4, -0.2) is 59.6 Å². The van der Waals surface area contributed by atoms with Gasteiger partial charge in [0.2, 0.25) is 11.8 Å². The topological polar surface area (TPSA) is 101 Å². The maximum atomic E-state index is 14.4. The molecule has 3 aromatic heterocycles. The molecule has 2 amide bonds. The van der Waals surface area contributed by atoms with E-state index in [4.69, 9.17) is 9.15 Å². The second-order valence-electron chi connectivity index (χ2n) is 11.2. The van der Waals surface area contributed by atoms with Crippen LogP contribution in [0.3, 0.4) is 0 Å². The number of halogens is 1. The molecule has 0 bridgehead atoms. The van der Waals surface area contributed by atoms with Crippen molar-refractivity contribution in [1.29, 1.82) is 0 Å². The second kappa shape index (κ2) is 12.4.